The molecule has 0 bridgehead atoms. The van der Waals surface area contributed by atoms with Crippen molar-refractivity contribution in [3.05, 3.63) is 58.1 Å². The first-order chi connectivity index (χ1) is 12.4. The van der Waals surface area contributed by atoms with Crippen molar-refractivity contribution >= 4 is 37.5 Å². The summed E-state index contributed by atoms with van der Waals surface area (Å²) in [7, 11) is -3.46. The second-order valence-corrected chi connectivity index (χ2v) is 9.20. The van der Waals surface area contributed by atoms with Gasteiger partial charge in [-0.2, -0.15) is 4.31 Å². The highest BCUT2D eigenvalue weighted by atomic mass is 79.9. The molecule has 7 heteroatoms. The molecule has 0 saturated carbocycles. The summed E-state index contributed by atoms with van der Waals surface area (Å²) < 4.78 is 27.7. The molecule has 26 heavy (non-hydrogen) atoms. The van der Waals surface area contributed by atoms with E-state index in [1.807, 2.05) is 13.0 Å². The highest BCUT2D eigenvalue weighted by Gasteiger charge is 2.25. The van der Waals surface area contributed by atoms with E-state index in [1.165, 1.54) is 4.31 Å². The Balaban J connectivity index is 1.73. The molecule has 2 aromatic rings. The SMILES string of the molecule is Cc1ccc(C(=O)Nc2ccc(S(=O)(=O)N3CCCCC3)cc2)cc1Br. The highest BCUT2D eigenvalue weighted by molar-refractivity contribution is 9.10. The lowest BCUT2D eigenvalue weighted by atomic mass is 10.1. The number of carbonyl (C=O) groups excluding carboxylic acids is 1. The number of benzene rings is 2. The zero-order valence-electron chi connectivity index (χ0n) is 14.5. The van der Waals surface area contributed by atoms with Gasteiger partial charge in [0, 0.05) is 28.8 Å². The van der Waals surface area contributed by atoms with Crippen molar-refractivity contribution in [3.8, 4) is 0 Å². The van der Waals surface area contributed by atoms with Crippen molar-refractivity contribution in [1.82, 2.24) is 4.31 Å². The summed E-state index contributed by atoms with van der Waals surface area (Å²) in [6.07, 6.45) is 2.88. The van der Waals surface area contributed by atoms with Gasteiger partial charge in [-0.1, -0.05) is 28.4 Å². The Morgan fingerprint density at radius 3 is 2.31 bits per heavy atom. The van der Waals surface area contributed by atoms with Gasteiger partial charge in [-0.05, 0) is 61.7 Å². The second kappa shape index (κ2) is 7.90. The van der Waals surface area contributed by atoms with Gasteiger partial charge in [0.1, 0.15) is 0 Å². The molecule has 138 valence electrons. The van der Waals surface area contributed by atoms with Crippen molar-refractivity contribution in [2.45, 2.75) is 31.1 Å². The maximum Gasteiger partial charge on any atom is 0.255 e. The Hall–Kier alpha value is -1.70. The lowest BCUT2D eigenvalue weighted by Crippen LogP contribution is -2.35. The standard InChI is InChI=1S/C19H21BrN2O3S/c1-14-5-6-15(13-18(14)20)19(23)21-16-7-9-17(10-8-16)26(24,25)22-11-3-2-4-12-22/h5-10,13H,2-4,11-12H2,1H3,(H,21,23). The molecular formula is C19H21BrN2O3S. The van der Waals surface area contributed by atoms with Crippen LogP contribution in [0.15, 0.2) is 51.8 Å². The third kappa shape index (κ3) is 4.16. The molecule has 1 amide bonds. The Labute approximate surface area is 162 Å². The van der Waals surface area contributed by atoms with E-state index in [2.05, 4.69) is 21.2 Å². The van der Waals surface area contributed by atoms with Crippen LogP contribution in [-0.4, -0.2) is 31.7 Å². The number of amides is 1. The number of aryl methyl sites for hydroxylation is 1. The average Bonchev–Trinajstić information content (AvgIpc) is 2.65. The van der Waals surface area contributed by atoms with Gasteiger partial charge >= 0.3 is 0 Å². The van der Waals surface area contributed by atoms with Crippen LogP contribution in [0.4, 0.5) is 5.69 Å². The number of hydrogen-bond acceptors (Lipinski definition) is 3. The number of halogens is 1. The predicted molar refractivity (Wildman–Crippen MR) is 106 cm³/mol. The van der Waals surface area contributed by atoms with Gasteiger partial charge < -0.3 is 5.32 Å². The summed E-state index contributed by atoms with van der Waals surface area (Å²) >= 11 is 3.42. The molecule has 1 aliphatic rings. The van der Waals surface area contributed by atoms with E-state index < -0.39 is 10.0 Å². The number of nitrogens with one attached hydrogen (secondary N) is 1. The van der Waals surface area contributed by atoms with Gasteiger partial charge in [0.15, 0.2) is 0 Å². The fourth-order valence-corrected chi connectivity index (χ4v) is 4.80. The summed E-state index contributed by atoms with van der Waals surface area (Å²) in [5.74, 6) is -0.239. The number of hydrogen-bond donors (Lipinski definition) is 1. The molecule has 5 nitrogen and oxygen atoms in total. The molecule has 3 rings (SSSR count). The van der Waals surface area contributed by atoms with E-state index in [9.17, 15) is 13.2 Å². The number of carbonyl (C=O) groups is 1. The molecule has 1 saturated heterocycles. The predicted octanol–water partition coefficient (Wildman–Crippen LogP) is 4.18. The summed E-state index contributed by atoms with van der Waals surface area (Å²) in [6.45, 7) is 3.10. The number of sulfonamides is 1. The molecule has 0 aromatic heterocycles. The molecule has 0 radical (unpaired) electrons. The van der Waals surface area contributed by atoms with Crippen LogP contribution in [0.2, 0.25) is 0 Å². The molecule has 1 heterocycles. The fraction of sp³-hybridized carbons (Fsp3) is 0.316. The molecule has 1 aliphatic heterocycles. The van der Waals surface area contributed by atoms with Crippen LogP contribution in [0.1, 0.15) is 35.2 Å². The Morgan fingerprint density at radius 2 is 1.69 bits per heavy atom. The summed E-state index contributed by atoms with van der Waals surface area (Å²) in [6, 6.07) is 11.7. The van der Waals surface area contributed by atoms with Crippen molar-refractivity contribution in [1.29, 1.82) is 0 Å². The largest absolute Gasteiger partial charge is 0.322 e. The van der Waals surface area contributed by atoms with Crippen LogP contribution in [0.3, 0.4) is 0 Å². The quantitative estimate of drug-likeness (QED) is 0.781. The van der Waals surface area contributed by atoms with Gasteiger partial charge in [0.05, 0.1) is 4.90 Å². The van der Waals surface area contributed by atoms with E-state index in [1.54, 1.807) is 36.4 Å². The first-order valence-electron chi connectivity index (χ1n) is 8.55. The van der Waals surface area contributed by atoms with Crippen LogP contribution < -0.4 is 5.32 Å². The Morgan fingerprint density at radius 1 is 1.04 bits per heavy atom. The summed E-state index contributed by atoms with van der Waals surface area (Å²) in [5, 5.41) is 2.79. The fourth-order valence-electron chi connectivity index (χ4n) is 2.90. The molecule has 0 unspecified atom stereocenters. The lowest BCUT2D eigenvalue weighted by Gasteiger charge is -2.25. The van der Waals surface area contributed by atoms with E-state index in [-0.39, 0.29) is 10.8 Å². The number of anilines is 1. The molecule has 2 aromatic carbocycles. The van der Waals surface area contributed by atoms with Gasteiger partial charge in [-0.3, -0.25) is 4.79 Å². The van der Waals surface area contributed by atoms with Gasteiger partial charge in [0.2, 0.25) is 10.0 Å². The van der Waals surface area contributed by atoms with Gasteiger partial charge in [0.25, 0.3) is 5.91 Å². The normalized spacial score (nSPS) is 15.6. The molecule has 1 N–H and O–H groups in total. The number of nitrogens with zero attached hydrogens (tertiary/aromatic N) is 1. The maximum atomic E-state index is 12.6. The average molecular weight is 437 g/mol. The minimum atomic E-state index is -3.46. The smallest absolute Gasteiger partial charge is 0.255 e. The topological polar surface area (TPSA) is 66.5 Å². The van der Waals surface area contributed by atoms with E-state index in [0.717, 1.165) is 29.3 Å². The number of piperidine rings is 1. The molecule has 1 fully saturated rings. The molecule has 0 atom stereocenters. The summed E-state index contributed by atoms with van der Waals surface area (Å²) in [5.41, 5.74) is 2.14. The van der Waals surface area contributed by atoms with Crippen molar-refractivity contribution in [3.63, 3.8) is 0 Å². The van der Waals surface area contributed by atoms with E-state index in [4.69, 9.17) is 0 Å². The first kappa shape index (κ1) is 19.1. The van der Waals surface area contributed by atoms with E-state index >= 15 is 0 Å². The minimum absolute atomic E-state index is 0.239. The van der Waals surface area contributed by atoms with Gasteiger partial charge in [-0.25, -0.2) is 8.42 Å². The second-order valence-electron chi connectivity index (χ2n) is 6.41. The van der Waals surface area contributed by atoms with Crippen LogP contribution in [0, 0.1) is 6.92 Å². The highest BCUT2D eigenvalue weighted by Crippen LogP contribution is 2.23. The Kier molecular flexibility index (Phi) is 5.79. The summed E-state index contributed by atoms with van der Waals surface area (Å²) in [4.78, 5) is 12.6. The van der Waals surface area contributed by atoms with Crippen molar-refractivity contribution < 1.29 is 13.2 Å². The van der Waals surface area contributed by atoms with Crippen molar-refractivity contribution in [2.75, 3.05) is 18.4 Å². The van der Waals surface area contributed by atoms with Crippen LogP contribution in [0.25, 0.3) is 0 Å². The molecule has 0 aliphatic carbocycles. The third-order valence-corrected chi connectivity index (χ3v) is 7.27. The maximum absolute atomic E-state index is 12.6. The minimum Gasteiger partial charge on any atom is -0.322 e. The van der Waals surface area contributed by atoms with Crippen molar-refractivity contribution in [2.24, 2.45) is 0 Å². The first-order valence-corrected chi connectivity index (χ1v) is 10.8. The lowest BCUT2D eigenvalue weighted by molar-refractivity contribution is 0.102. The van der Waals surface area contributed by atoms with E-state index in [0.29, 0.717) is 24.3 Å². The Bertz CT molecular complexity index is 905. The van der Waals surface area contributed by atoms with Crippen LogP contribution in [-0.2, 0) is 10.0 Å². The number of rotatable bonds is 4. The third-order valence-electron chi connectivity index (χ3n) is 4.50. The van der Waals surface area contributed by atoms with Gasteiger partial charge in [-0.15, -0.1) is 0 Å². The zero-order chi connectivity index (χ0) is 18.7. The molecular weight excluding hydrogens is 416 g/mol. The molecule has 0 spiro atoms. The zero-order valence-corrected chi connectivity index (χ0v) is 16.9. The van der Waals surface area contributed by atoms with Crippen LogP contribution >= 0.6 is 15.9 Å². The van der Waals surface area contributed by atoms with Crippen LogP contribution in [0.5, 0.6) is 0 Å². The monoisotopic (exact) mass is 436 g/mol.